The van der Waals surface area contributed by atoms with Crippen LogP contribution < -0.4 is 20.9 Å². The van der Waals surface area contributed by atoms with Gasteiger partial charge in [0, 0.05) is 25.9 Å². The smallest absolute Gasteiger partial charge is 0.238 e. The minimum atomic E-state index is -3.76. The van der Waals surface area contributed by atoms with Crippen LogP contribution in [0.3, 0.4) is 0 Å². The van der Waals surface area contributed by atoms with Gasteiger partial charge in [-0.1, -0.05) is 24.3 Å². The topological polar surface area (TPSA) is 179 Å². The Morgan fingerprint density at radius 3 is 1.26 bits per heavy atom. The number of hydrogen-bond acceptors (Lipinski definition) is 6. The van der Waals surface area contributed by atoms with E-state index in [9.17, 15) is 26.4 Å². The minimum Gasteiger partial charge on any atom is -0.352 e. The van der Waals surface area contributed by atoms with Crippen molar-refractivity contribution in [3.8, 4) is 0 Å². The summed E-state index contributed by atoms with van der Waals surface area (Å²) in [5, 5.41) is 15.4. The van der Waals surface area contributed by atoms with E-state index in [1.807, 2.05) is 0 Å². The second-order valence-corrected chi connectivity index (χ2v) is 9.91. The van der Waals surface area contributed by atoms with Crippen LogP contribution >= 0.6 is 0 Å². The Hall–Kier alpha value is -2.80. The van der Waals surface area contributed by atoms with Gasteiger partial charge in [-0.2, -0.15) is 0 Å². The largest absolute Gasteiger partial charge is 0.352 e. The molecule has 0 bridgehead atoms. The maximum absolute atomic E-state index is 11.9. The summed E-state index contributed by atoms with van der Waals surface area (Å²) >= 11 is 0. The Bertz CT molecular complexity index is 1040. The number of hydrogen-bond donors (Lipinski definition) is 4. The fourth-order valence-corrected chi connectivity index (χ4v) is 3.61. The van der Waals surface area contributed by atoms with E-state index in [0.717, 1.165) is 0 Å². The van der Waals surface area contributed by atoms with Gasteiger partial charge in [-0.15, -0.1) is 0 Å². The van der Waals surface area contributed by atoms with Crippen LogP contribution in [-0.4, -0.2) is 28.6 Å². The third-order valence-corrected chi connectivity index (χ3v) is 6.15. The van der Waals surface area contributed by atoms with Crippen molar-refractivity contribution in [3.63, 3.8) is 0 Å². The molecule has 6 N–H and O–H groups in total. The molecule has 0 saturated heterocycles. The first kappa shape index (κ1) is 24.5. The van der Waals surface area contributed by atoms with Crippen molar-refractivity contribution in [2.24, 2.45) is 10.3 Å². The van der Waals surface area contributed by atoms with E-state index in [1.54, 1.807) is 24.3 Å². The van der Waals surface area contributed by atoms with Crippen molar-refractivity contribution in [2.45, 2.75) is 42.1 Å². The van der Waals surface area contributed by atoms with E-state index in [1.165, 1.54) is 24.3 Å². The third kappa shape index (κ3) is 8.45. The first-order chi connectivity index (χ1) is 14.4. The van der Waals surface area contributed by atoms with Gasteiger partial charge in [-0.05, 0) is 41.8 Å². The third-order valence-electron chi connectivity index (χ3n) is 4.29. The number of nitrogens with one attached hydrogen (secondary N) is 2. The van der Waals surface area contributed by atoms with Crippen LogP contribution in [0.5, 0.6) is 0 Å². The predicted octanol–water partition coefficient (Wildman–Crippen LogP) is 0.0843. The Balaban J connectivity index is 1.67. The number of nitrogens with two attached hydrogens (primary N) is 2. The number of amides is 2. The standard InChI is InChI=1S/C19H24N4O6S2/c20-30(26,27)16-8-4-14(5-9-16)12-22-18(24)2-1-3-19(25)23-13-15-6-10-17(11-7-15)31(21,28)29/h4-11H,1-3,12-13H2,(H,22,24)(H,23,25)(H2,20,26,27)(H2,21,28,29). The molecular formula is C19H24N4O6S2. The molecular weight excluding hydrogens is 444 g/mol. The molecule has 2 amide bonds. The molecule has 0 spiro atoms. The summed E-state index contributed by atoms with van der Waals surface area (Å²) in [4.78, 5) is 23.8. The molecule has 0 aromatic heterocycles. The lowest BCUT2D eigenvalue weighted by atomic mass is 10.2. The fourth-order valence-electron chi connectivity index (χ4n) is 2.58. The summed E-state index contributed by atoms with van der Waals surface area (Å²) in [7, 11) is -7.51. The molecule has 0 radical (unpaired) electrons. The van der Waals surface area contributed by atoms with Crippen LogP contribution in [0.1, 0.15) is 30.4 Å². The highest BCUT2D eigenvalue weighted by molar-refractivity contribution is 7.89. The van der Waals surface area contributed by atoms with Gasteiger partial charge >= 0.3 is 0 Å². The number of carbonyl (C=O) groups is 2. The van der Waals surface area contributed by atoms with E-state index in [0.29, 0.717) is 17.5 Å². The molecule has 168 valence electrons. The molecule has 0 aliphatic rings. The molecule has 2 rings (SSSR count). The molecule has 0 saturated carbocycles. The van der Waals surface area contributed by atoms with Crippen molar-refractivity contribution < 1.29 is 26.4 Å². The maximum atomic E-state index is 11.9. The van der Waals surface area contributed by atoms with Gasteiger partial charge < -0.3 is 10.6 Å². The molecule has 12 heteroatoms. The summed E-state index contributed by atoms with van der Waals surface area (Å²) in [5.74, 6) is -0.469. The summed E-state index contributed by atoms with van der Waals surface area (Å²) in [5.41, 5.74) is 1.43. The van der Waals surface area contributed by atoms with Crippen LogP contribution in [-0.2, 0) is 42.7 Å². The highest BCUT2D eigenvalue weighted by Crippen LogP contribution is 2.10. The first-order valence-corrected chi connectivity index (χ1v) is 12.3. The average Bonchev–Trinajstić information content (AvgIpc) is 2.70. The lowest BCUT2D eigenvalue weighted by molar-refractivity contribution is -0.122. The van der Waals surface area contributed by atoms with Crippen molar-refractivity contribution in [2.75, 3.05) is 0 Å². The Labute approximate surface area is 181 Å². The highest BCUT2D eigenvalue weighted by Gasteiger charge is 2.09. The molecule has 2 aromatic carbocycles. The average molecular weight is 469 g/mol. The summed E-state index contributed by atoms with van der Waals surface area (Å²) in [6.45, 7) is 0.453. The maximum Gasteiger partial charge on any atom is 0.238 e. The van der Waals surface area contributed by atoms with Gasteiger partial charge in [0.1, 0.15) is 0 Å². The number of rotatable bonds is 10. The second-order valence-electron chi connectivity index (χ2n) is 6.78. The van der Waals surface area contributed by atoms with Crippen molar-refractivity contribution >= 4 is 31.9 Å². The van der Waals surface area contributed by atoms with Crippen LogP contribution in [0.4, 0.5) is 0 Å². The van der Waals surface area contributed by atoms with E-state index in [-0.39, 0.29) is 47.5 Å². The van der Waals surface area contributed by atoms with Crippen LogP contribution in [0.15, 0.2) is 58.3 Å². The SMILES string of the molecule is NS(=O)(=O)c1ccc(CNC(=O)CCCC(=O)NCc2ccc(S(N)(=O)=O)cc2)cc1. The Kier molecular flexibility index (Phi) is 8.28. The molecule has 0 atom stereocenters. The fraction of sp³-hybridized carbons (Fsp3) is 0.263. The molecule has 10 nitrogen and oxygen atoms in total. The van der Waals surface area contributed by atoms with Gasteiger partial charge in [0.2, 0.25) is 31.9 Å². The molecule has 31 heavy (non-hydrogen) atoms. The van der Waals surface area contributed by atoms with E-state index >= 15 is 0 Å². The summed E-state index contributed by atoms with van der Waals surface area (Å²) in [6.07, 6.45) is 0.670. The quantitative estimate of drug-likeness (QED) is 0.383. The zero-order valence-corrected chi connectivity index (χ0v) is 18.2. The van der Waals surface area contributed by atoms with E-state index in [2.05, 4.69) is 10.6 Å². The molecule has 2 aromatic rings. The lowest BCUT2D eigenvalue weighted by Gasteiger charge is -2.07. The van der Waals surface area contributed by atoms with Crippen LogP contribution in [0.25, 0.3) is 0 Å². The van der Waals surface area contributed by atoms with E-state index < -0.39 is 20.0 Å². The second kappa shape index (κ2) is 10.5. The molecule has 0 aliphatic heterocycles. The molecule has 0 heterocycles. The first-order valence-electron chi connectivity index (χ1n) is 9.22. The van der Waals surface area contributed by atoms with Crippen molar-refractivity contribution in [1.29, 1.82) is 0 Å². The zero-order chi connectivity index (χ0) is 23.1. The highest BCUT2D eigenvalue weighted by atomic mass is 32.2. The normalized spacial score (nSPS) is 11.7. The van der Waals surface area contributed by atoms with Crippen LogP contribution in [0, 0.1) is 0 Å². The van der Waals surface area contributed by atoms with Crippen molar-refractivity contribution in [1.82, 2.24) is 10.6 Å². The predicted molar refractivity (Wildman–Crippen MR) is 113 cm³/mol. The van der Waals surface area contributed by atoms with Gasteiger partial charge in [0.25, 0.3) is 0 Å². The monoisotopic (exact) mass is 468 g/mol. The molecule has 0 unspecified atom stereocenters. The van der Waals surface area contributed by atoms with Gasteiger partial charge in [0.15, 0.2) is 0 Å². The number of carbonyl (C=O) groups excluding carboxylic acids is 2. The number of primary sulfonamides is 2. The van der Waals surface area contributed by atoms with Gasteiger partial charge in [-0.3, -0.25) is 9.59 Å². The van der Waals surface area contributed by atoms with Gasteiger partial charge in [-0.25, -0.2) is 27.1 Å². The minimum absolute atomic E-state index is 0.00561. The zero-order valence-electron chi connectivity index (χ0n) is 16.6. The number of benzene rings is 2. The Morgan fingerprint density at radius 1 is 0.645 bits per heavy atom. The van der Waals surface area contributed by atoms with E-state index in [4.69, 9.17) is 10.3 Å². The van der Waals surface area contributed by atoms with Crippen LogP contribution in [0.2, 0.25) is 0 Å². The molecule has 0 fully saturated rings. The molecule has 0 aliphatic carbocycles. The Morgan fingerprint density at radius 2 is 0.968 bits per heavy atom. The lowest BCUT2D eigenvalue weighted by Crippen LogP contribution is -2.25. The number of sulfonamides is 2. The summed E-state index contributed by atoms with van der Waals surface area (Å²) < 4.78 is 44.8. The van der Waals surface area contributed by atoms with Gasteiger partial charge in [0.05, 0.1) is 9.79 Å². The summed E-state index contributed by atoms with van der Waals surface area (Å²) in [6, 6.07) is 11.7. The van der Waals surface area contributed by atoms with Crippen molar-refractivity contribution in [3.05, 3.63) is 59.7 Å².